The van der Waals surface area contributed by atoms with Crippen molar-refractivity contribution in [3.8, 4) is 0 Å². The highest BCUT2D eigenvalue weighted by molar-refractivity contribution is 7.99. The topological polar surface area (TPSA) is 45.7 Å². The van der Waals surface area contributed by atoms with Gasteiger partial charge in [0.05, 0.1) is 17.2 Å². The third-order valence-corrected chi connectivity index (χ3v) is 7.54. The summed E-state index contributed by atoms with van der Waals surface area (Å²) in [5.74, 6) is 1.06. The van der Waals surface area contributed by atoms with Crippen LogP contribution < -0.4 is 0 Å². The van der Waals surface area contributed by atoms with Crippen LogP contribution in [0, 0.1) is 0 Å². The molecule has 2 saturated heterocycles. The Morgan fingerprint density at radius 3 is 2.72 bits per heavy atom. The van der Waals surface area contributed by atoms with Crippen LogP contribution in [0.5, 0.6) is 0 Å². The Morgan fingerprint density at radius 2 is 1.88 bits per heavy atom. The van der Waals surface area contributed by atoms with E-state index in [1.807, 2.05) is 35.4 Å². The molecule has 1 amide bonds. The lowest BCUT2D eigenvalue weighted by Crippen LogP contribution is -2.48. The number of hydrogen-bond acceptors (Lipinski definition) is 5. The number of aromatic nitrogens is 1. The molecule has 1 aromatic heterocycles. The Morgan fingerprint density at radius 1 is 1.03 bits per heavy atom. The maximum Gasteiger partial charge on any atom is 0.255 e. The van der Waals surface area contributed by atoms with Gasteiger partial charge in [-0.3, -0.25) is 14.7 Å². The molecule has 6 heteroatoms. The molecule has 1 atom stereocenters. The maximum absolute atomic E-state index is 13.3. The molecular formula is C26H29N3O2S. The molecule has 166 valence electrons. The second-order valence-electron chi connectivity index (χ2n) is 8.50. The number of pyridine rings is 1. The molecule has 3 aromatic rings. The first kappa shape index (κ1) is 21.4. The first-order valence-electron chi connectivity index (χ1n) is 11.5. The second-order valence-corrected chi connectivity index (χ2v) is 9.56. The van der Waals surface area contributed by atoms with E-state index < -0.39 is 0 Å². The van der Waals surface area contributed by atoms with Gasteiger partial charge >= 0.3 is 0 Å². The highest BCUT2D eigenvalue weighted by atomic mass is 32.2. The Labute approximate surface area is 193 Å². The fourth-order valence-electron chi connectivity index (χ4n) is 4.54. The summed E-state index contributed by atoms with van der Waals surface area (Å²) in [5.41, 5.74) is 3.15. The molecule has 0 radical (unpaired) electrons. The van der Waals surface area contributed by atoms with Crippen LogP contribution in [0.2, 0.25) is 0 Å². The number of piperazine rings is 1. The Kier molecular flexibility index (Phi) is 6.72. The van der Waals surface area contributed by atoms with Crippen molar-refractivity contribution in [2.45, 2.75) is 30.4 Å². The molecule has 0 spiro atoms. The third kappa shape index (κ3) is 4.82. The quantitative estimate of drug-likeness (QED) is 0.522. The van der Waals surface area contributed by atoms with Gasteiger partial charge in [-0.15, -0.1) is 11.8 Å². The van der Waals surface area contributed by atoms with Crippen LogP contribution >= 0.6 is 11.8 Å². The lowest BCUT2D eigenvalue weighted by atomic mass is 10.1. The molecule has 5 nitrogen and oxygen atoms in total. The van der Waals surface area contributed by atoms with Gasteiger partial charge < -0.3 is 9.64 Å². The maximum atomic E-state index is 13.3. The van der Waals surface area contributed by atoms with Crippen LogP contribution in [0.15, 0.2) is 65.7 Å². The van der Waals surface area contributed by atoms with E-state index in [0.29, 0.717) is 6.10 Å². The summed E-state index contributed by atoms with van der Waals surface area (Å²) in [6.45, 7) is 4.99. The summed E-state index contributed by atoms with van der Waals surface area (Å²) in [6.07, 6.45) is 4.44. The second kappa shape index (κ2) is 10.0. The van der Waals surface area contributed by atoms with Gasteiger partial charge in [-0.2, -0.15) is 0 Å². The fraction of sp³-hybridized carbons (Fsp3) is 0.385. The zero-order chi connectivity index (χ0) is 21.8. The zero-order valence-electron chi connectivity index (χ0n) is 18.3. The van der Waals surface area contributed by atoms with Gasteiger partial charge in [-0.25, -0.2) is 0 Å². The van der Waals surface area contributed by atoms with Crippen molar-refractivity contribution in [1.29, 1.82) is 0 Å². The number of nitrogens with zero attached hydrogens (tertiary/aromatic N) is 3. The average molecular weight is 448 g/mol. The van der Waals surface area contributed by atoms with Gasteiger partial charge in [0.25, 0.3) is 5.91 Å². The van der Waals surface area contributed by atoms with Crippen molar-refractivity contribution in [2.75, 3.05) is 38.5 Å². The first-order chi connectivity index (χ1) is 15.8. The zero-order valence-corrected chi connectivity index (χ0v) is 19.1. The van der Waals surface area contributed by atoms with Crippen molar-refractivity contribution in [3.63, 3.8) is 0 Å². The van der Waals surface area contributed by atoms with Gasteiger partial charge in [0.1, 0.15) is 0 Å². The fourth-order valence-corrected chi connectivity index (χ4v) is 5.66. The van der Waals surface area contributed by atoms with Crippen molar-refractivity contribution >= 4 is 28.6 Å². The van der Waals surface area contributed by atoms with E-state index in [1.165, 1.54) is 10.9 Å². The molecule has 1 unspecified atom stereocenters. The van der Waals surface area contributed by atoms with Crippen molar-refractivity contribution in [3.05, 3.63) is 71.9 Å². The molecule has 32 heavy (non-hydrogen) atoms. The minimum atomic E-state index is 0.145. The average Bonchev–Trinajstić information content (AvgIpc) is 3.37. The van der Waals surface area contributed by atoms with E-state index in [9.17, 15) is 4.79 Å². The Balaban J connectivity index is 1.20. The van der Waals surface area contributed by atoms with Crippen LogP contribution in [-0.4, -0.2) is 65.3 Å². The van der Waals surface area contributed by atoms with Gasteiger partial charge in [0.15, 0.2) is 0 Å². The number of benzene rings is 2. The van der Waals surface area contributed by atoms with E-state index in [4.69, 9.17) is 4.74 Å². The Hall–Kier alpha value is -2.41. The van der Waals surface area contributed by atoms with E-state index >= 15 is 0 Å². The number of fused-ring (bicyclic) bond motifs is 1. The largest absolute Gasteiger partial charge is 0.377 e. The number of thioether (sulfide) groups is 1. The molecule has 3 heterocycles. The molecule has 0 N–H and O–H groups in total. The minimum Gasteiger partial charge on any atom is -0.377 e. The predicted octanol–water partition coefficient (Wildman–Crippen LogP) is 4.46. The number of ether oxygens (including phenoxy) is 1. The molecular weight excluding hydrogens is 418 g/mol. The number of hydrogen-bond donors (Lipinski definition) is 0. The lowest BCUT2D eigenvalue weighted by molar-refractivity contribution is 0.0625. The molecule has 0 saturated carbocycles. The highest BCUT2D eigenvalue weighted by Gasteiger charge is 2.25. The minimum absolute atomic E-state index is 0.145. The highest BCUT2D eigenvalue weighted by Crippen LogP contribution is 2.28. The smallest absolute Gasteiger partial charge is 0.255 e. The van der Waals surface area contributed by atoms with Gasteiger partial charge in [-0.05, 0) is 36.6 Å². The monoisotopic (exact) mass is 447 g/mol. The molecule has 2 aliphatic heterocycles. The van der Waals surface area contributed by atoms with E-state index in [0.717, 1.165) is 73.9 Å². The van der Waals surface area contributed by atoms with Gasteiger partial charge in [0, 0.05) is 61.6 Å². The summed E-state index contributed by atoms with van der Waals surface area (Å²) in [6, 6.07) is 18.5. The number of rotatable bonds is 6. The standard InChI is InChI=1S/C26H29N3O2S/c30-26(23-10-1-2-11-24(23)32-19-22-9-5-17-31-22)29-15-13-28(14-16-29)18-21-7-3-6-20-8-4-12-27-25(20)21/h1-4,6-8,10-12,22H,5,9,13-19H2. The SMILES string of the molecule is O=C(c1ccccc1SCC1CCCO1)N1CCN(Cc2cccc3cccnc23)CC1. The first-order valence-corrected chi connectivity index (χ1v) is 12.4. The summed E-state index contributed by atoms with van der Waals surface area (Å²) >= 11 is 1.75. The summed E-state index contributed by atoms with van der Waals surface area (Å²) < 4.78 is 5.75. The molecule has 0 bridgehead atoms. The van der Waals surface area contributed by atoms with Crippen LogP contribution in [-0.2, 0) is 11.3 Å². The number of carbonyl (C=O) groups is 1. The number of carbonyl (C=O) groups excluding carboxylic acids is 1. The molecule has 0 aliphatic carbocycles. The van der Waals surface area contributed by atoms with E-state index in [-0.39, 0.29) is 5.91 Å². The normalized spacial score (nSPS) is 19.5. The van der Waals surface area contributed by atoms with Gasteiger partial charge in [-0.1, -0.05) is 36.4 Å². The van der Waals surface area contributed by atoms with Crippen LogP contribution in [0.25, 0.3) is 10.9 Å². The molecule has 5 rings (SSSR count). The van der Waals surface area contributed by atoms with Crippen molar-refractivity contribution < 1.29 is 9.53 Å². The Bertz CT molecular complexity index is 1070. The lowest BCUT2D eigenvalue weighted by Gasteiger charge is -2.35. The van der Waals surface area contributed by atoms with Crippen LogP contribution in [0.4, 0.5) is 0 Å². The molecule has 2 aliphatic rings. The molecule has 2 fully saturated rings. The van der Waals surface area contributed by atoms with Crippen molar-refractivity contribution in [2.24, 2.45) is 0 Å². The van der Waals surface area contributed by atoms with Crippen molar-refractivity contribution in [1.82, 2.24) is 14.8 Å². The molecule has 2 aromatic carbocycles. The van der Waals surface area contributed by atoms with Crippen LogP contribution in [0.1, 0.15) is 28.8 Å². The summed E-state index contributed by atoms with van der Waals surface area (Å²) in [5, 5.41) is 1.18. The van der Waals surface area contributed by atoms with Gasteiger partial charge in [0.2, 0.25) is 0 Å². The summed E-state index contributed by atoms with van der Waals surface area (Å²) in [7, 11) is 0. The summed E-state index contributed by atoms with van der Waals surface area (Å²) in [4.78, 5) is 23.4. The number of para-hydroxylation sites is 1. The number of amides is 1. The van der Waals surface area contributed by atoms with E-state index in [1.54, 1.807) is 11.8 Å². The van der Waals surface area contributed by atoms with E-state index in [2.05, 4.69) is 40.2 Å². The third-order valence-electron chi connectivity index (χ3n) is 6.34. The predicted molar refractivity (Wildman–Crippen MR) is 129 cm³/mol. The van der Waals surface area contributed by atoms with Crippen LogP contribution in [0.3, 0.4) is 0 Å².